The Kier molecular flexibility index (Phi) is 13.0. The molecule has 2 atom stereocenters. The van der Waals surface area contributed by atoms with Crippen LogP contribution in [0.2, 0.25) is 0 Å². The van der Waals surface area contributed by atoms with Crippen LogP contribution >= 0.6 is 0 Å². The normalized spacial score (nSPS) is 17.2. The first kappa shape index (κ1) is 25.1. The Hall–Kier alpha value is -1.91. The Morgan fingerprint density at radius 2 is 1.86 bits per heavy atom. The molecule has 0 saturated carbocycles. The molecule has 1 aliphatic carbocycles. The minimum atomic E-state index is -0.423. The fourth-order valence-electron chi connectivity index (χ4n) is 3.86. The highest BCUT2D eigenvalue weighted by molar-refractivity contribution is 5.68. The molecule has 0 amide bonds. The largest absolute Gasteiger partial charge is 0.469 e. The first-order valence-corrected chi connectivity index (χ1v) is 10.7. The van der Waals surface area contributed by atoms with Crippen molar-refractivity contribution in [3.05, 3.63) is 59.2 Å². The molecule has 0 radical (unpaired) electrons. The van der Waals surface area contributed by atoms with Gasteiger partial charge in [0, 0.05) is 20.0 Å². The number of benzene rings is 1. The van der Waals surface area contributed by atoms with Crippen LogP contribution in [0.3, 0.4) is 0 Å². The summed E-state index contributed by atoms with van der Waals surface area (Å²) in [5.74, 6) is 0.370. The zero-order valence-electron chi connectivity index (χ0n) is 18.3. The van der Waals surface area contributed by atoms with Crippen LogP contribution in [0.1, 0.15) is 63.9 Å². The van der Waals surface area contributed by atoms with Crippen LogP contribution < -0.4 is 0 Å². The van der Waals surface area contributed by atoms with Gasteiger partial charge in [-0.1, -0.05) is 66.5 Å². The second-order valence-corrected chi connectivity index (χ2v) is 7.58. The summed E-state index contributed by atoms with van der Waals surface area (Å²) in [6, 6.07) is 10.1. The summed E-state index contributed by atoms with van der Waals surface area (Å²) < 4.78 is 4.68. The molecular formula is C25H38O4. The third-order valence-electron chi connectivity index (χ3n) is 5.48. The number of carbonyl (C=O) groups is 1. The smallest absolute Gasteiger partial charge is 0.305 e. The van der Waals surface area contributed by atoms with Gasteiger partial charge in [-0.3, -0.25) is 4.79 Å². The van der Waals surface area contributed by atoms with Crippen molar-refractivity contribution < 1.29 is 19.7 Å². The van der Waals surface area contributed by atoms with Crippen LogP contribution in [-0.2, 0) is 16.0 Å². The summed E-state index contributed by atoms with van der Waals surface area (Å²) in [7, 11) is 2.45. The molecule has 1 aromatic carbocycles. The summed E-state index contributed by atoms with van der Waals surface area (Å²) in [4.78, 5) is 11.1. The standard InChI is InChI=1S/C24H34O3.CH4O/c1-19-14-15-21(16-17-22(25)18-20-10-6-5-7-11-20)23(19)12-8-3-4-9-13-24(26)27-2;1-2/h5-7,10-11,16-17,21-22,25H,3-4,8-9,12-15,18H2,1-2H3;2H,1H3/b17-16+;. The molecule has 0 heterocycles. The molecular weight excluding hydrogens is 364 g/mol. The zero-order valence-corrected chi connectivity index (χ0v) is 18.3. The first-order valence-electron chi connectivity index (χ1n) is 10.7. The lowest BCUT2D eigenvalue weighted by Gasteiger charge is -2.13. The predicted molar refractivity (Wildman–Crippen MR) is 119 cm³/mol. The molecule has 0 bridgehead atoms. The maximum absolute atomic E-state index is 11.1. The van der Waals surface area contributed by atoms with Crippen molar-refractivity contribution in [2.24, 2.45) is 5.92 Å². The number of esters is 1. The van der Waals surface area contributed by atoms with Crippen molar-refractivity contribution in [2.75, 3.05) is 14.2 Å². The second kappa shape index (κ2) is 15.0. The summed E-state index contributed by atoms with van der Waals surface area (Å²) in [5, 5.41) is 17.3. The van der Waals surface area contributed by atoms with Gasteiger partial charge in [-0.25, -0.2) is 0 Å². The van der Waals surface area contributed by atoms with E-state index in [1.807, 2.05) is 24.3 Å². The number of ether oxygens (including phenoxy) is 1. The number of aliphatic hydroxyl groups is 2. The van der Waals surface area contributed by atoms with E-state index in [9.17, 15) is 9.90 Å². The number of hydrogen-bond acceptors (Lipinski definition) is 4. The lowest BCUT2D eigenvalue weighted by Crippen LogP contribution is -2.07. The summed E-state index contributed by atoms with van der Waals surface area (Å²) in [6.07, 6.45) is 12.8. The minimum absolute atomic E-state index is 0.108. The molecule has 4 nitrogen and oxygen atoms in total. The van der Waals surface area contributed by atoms with Gasteiger partial charge in [-0.2, -0.15) is 0 Å². The van der Waals surface area contributed by atoms with Crippen molar-refractivity contribution in [1.29, 1.82) is 0 Å². The van der Waals surface area contributed by atoms with E-state index in [4.69, 9.17) is 5.11 Å². The Morgan fingerprint density at radius 3 is 2.55 bits per heavy atom. The summed E-state index contributed by atoms with van der Waals surface area (Å²) in [6.45, 7) is 2.25. The van der Waals surface area contributed by atoms with Gasteiger partial charge < -0.3 is 14.9 Å². The number of rotatable bonds is 11. The molecule has 4 heteroatoms. The highest BCUT2D eigenvalue weighted by Gasteiger charge is 2.20. The fraction of sp³-hybridized carbons (Fsp3) is 0.560. The summed E-state index contributed by atoms with van der Waals surface area (Å²) >= 11 is 0. The van der Waals surface area contributed by atoms with E-state index in [1.165, 1.54) is 31.1 Å². The molecule has 2 unspecified atom stereocenters. The topological polar surface area (TPSA) is 66.8 Å². The number of carbonyl (C=O) groups excluding carboxylic acids is 1. The number of hydrogen-bond donors (Lipinski definition) is 2. The molecule has 1 aliphatic rings. The van der Waals surface area contributed by atoms with Crippen LogP contribution in [0.4, 0.5) is 0 Å². The van der Waals surface area contributed by atoms with Crippen LogP contribution in [-0.4, -0.2) is 36.5 Å². The minimum Gasteiger partial charge on any atom is -0.469 e. The van der Waals surface area contributed by atoms with Gasteiger partial charge in [0.15, 0.2) is 0 Å². The second-order valence-electron chi connectivity index (χ2n) is 7.58. The maximum atomic E-state index is 11.1. The quantitative estimate of drug-likeness (QED) is 0.311. The van der Waals surface area contributed by atoms with E-state index in [0.717, 1.165) is 39.2 Å². The Bertz CT molecular complexity index is 633. The van der Waals surface area contributed by atoms with Crippen LogP contribution in [0, 0.1) is 5.92 Å². The van der Waals surface area contributed by atoms with Crippen molar-refractivity contribution in [3.63, 3.8) is 0 Å². The monoisotopic (exact) mass is 402 g/mol. The molecule has 0 aromatic heterocycles. The lowest BCUT2D eigenvalue weighted by molar-refractivity contribution is -0.140. The van der Waals surface area contributed by atoms with Crippen LogP contribution in [0.25, 0.3) is 0 Å². The van der Waals surface area contributed by atoms with E-state index in [0.29, 0.717) is 18.8 Å². The molecule has 0 spiro atoms. The molecule has 2 rings (SSSR count). The molecule has 1 aromatic rings. The van der Waals surface area contributed by atoms with Crippen molar-refractivity contribution in [2.45, 2.75) is 70.8 Å². The van der Waals surface area contributed by atoms with Crippen molar-refractivity contribution >= 4 is 5.97 Å². The van der Waals surface area contributed by atoms with Crippen LogP contribution in [0.5, 0.6) is 0 Å². The third kappa shape index (κ3) is 9.91. The van der Waals surface area contributed by atoms with Gasteiger partial charge in [-0.05, 0) is 50.5 Å². The van der Waals surface area contributed by atoms with E-state index < -0.39 is 6.10 Å². The van der Waals surface area contributed by atoms with Crippen LogP contribution in [0.15, 0.2) is 53.6 Å². The third-order valence-corrected chi connectivity index (χ3v) is 5.48. The highest BCUT2D eigenvalue weighted by Crippen LogP contribution is 2.36. The van der Waals surface area contributed by atoms with Gasteiger partial charge in [0.2, 0.25) is 0 Å². The summed E-state index contributed by atoms with van der Waals surface area (Å²) in [5.41, 5.74) is 4.25. The van der Waals surface area contributed by atoms with E-state index in [1.54, 1.807) is 5.57 Å². The Morgan fingerprint density at radius 1 is 1.17 bits per heavy atom. The van der Waals surface area contributed by atoms with Crippen molar-refractivity contribution in [3.8, 4) is 0 Å². The molecule has 29 heavy (non-hydrogen) atoms. The maximum Gasteiger partial charge on any atom is 0.305 e. The van der Waals surface area contributed by atoms with Crippen molar-refractivity contribution in [1.82, 2.24) is 0 Å². The van der Waals surface area contributed by atoms with Gasteiger partial charge in [0.05, 0.1) is 13.2 Å². The average Bonchev–Trinajstić information content (AvgIpc) is 3.10. The SMILES string of the molecule is CO.COC(=O)CCCCCCC1=C(C)CCC1/C=C/C(O)Cc1ccccc1. The Balaban J connectivity index is 0.00000204. The average molecular weight is 403 g/mol. The lowest BCUT2D eigenvalue weighted by atomic mass is 9.94. The fourth-order valence-corrected chi connectivity index (χ4v) is 3.86. The number of aliphatic hydroxyl groups excluding tert-OH is 2. The molecule has 2 N–H and O–H groups in total. The predicted octanol–water partition coefficient (Wildman–Crippen LogP) is 4.99. The van der Waals surface area contributed by atoms with E-state index in [-0.39, 0.29) is 5.97 Å². The van der Waals surface area contributed by atoms with E-state index in [2.05, 4.69) is 29.9 Å². The van der Waals surface area contributed by atoms with Gasteiger partial charge in [-0.15, -0.1) is 0 Å². The number of allylic oxidation sites excluding steroid dienone is 3. The highest BCUT2D eigenvalue weighted by atomic mass is 16.5. The molecule has 0 fully saturated rings. The molecule has 0 saturated heterocycles. The zero-order chi connectivity index (χ0) is 21.5. The van der Waals surface area contributed by atoms with Gasteiger partial charge >= 0.3 is 5.97 Å². The van der Waals surface area contributed by atoms with Gasteiger partial charge in [0.1, 0.15) is 0 Å². The first-order chi connectivity index (χ1) is 14.1. The Labute approximate surface area is 176 Å². The molecule has 0 aliphatic heterocycles. The number of unbranched alkanes of at least 4 members (excludes halogenated alkanes) is 3. The van der Waals surface area contributed by atoms with Gasteiger partial charge in [0.25, 0.3) is 0 Å². The molecule has 162 valence electrons. The van der Waals surface area contributed by atoms with E-state index >= 15 is 0 Å². The number of methoxy groups -OCH3 is 1.